The molecule has 0 saturated heterocycles. The molecule has 0 radical (unpaired) electrons. The minimum absolute atomic E-state index is 0.360. The van der Waals surface area contributed by atoms with Crippen LogP contribution in [0, 0.1) is 0 Å². The molecule has 0 amide bonds. The molecule has 7 heteroatoms. The van der Waals surface area contributed by atoms with Gasteiger partial charge in [0, 0.05) is 34.3 Å². The maximum absolute atomic E-state index is 12.2. The largest absolute Gasteiger partial charge is 0.310 e. The lowest BCUT2D eigenvalue weighted by atomic mass is 10.3. The predicted octanol–water partition coefficient (Wildman–Crippen LogP) is 2.83. The van der Waals surface area contributed by atoms with Crippen LogP contribution in [0.15, 0.2) is 33.9 Å². The highest BCUT2D eigenvalue weighted by Gasteiger charge is 2.15. The fourth-order valence-corrected chi connectivity index (χ4v) is 4.71. The minimum Gasteiger partial charge on any atom is -0.310 e. The SMILES string of the molecule is CC(C)NCc1cc(S(=O)(=O)NCCc2cccs2)cs1. The van der Waals surface area contributed by atoms with E-state index in [4.69, 9.17) is 0 Å². The number of rotatable bonds is 8. The van der Waals surface area contributed by atoms with Crippen LogP contribution in [0.2, 0.25) is 0 Å². The molecule has 4 nitrogen and oxygen atoms in total. The summed E-state index contributed by atoms with van der Waals surface area (Å²) in [6.45, 7) is 5.26. The predicted molar refractivity (Wildman–Crippen MR) is 89.5 cm³/mol. The molecule has 2 aromatic heterocycles. The molecule has 2 N–H and O–H groups in total. The number of hydrogen-bond acceptors (Lipinski definition) is 5. The van der Waals surface area contributed by atoms with Gasteiger partial charge < -0.3 is 5.32 Å². The van der Waals surface area contributed by atoms with Crippen molar-refractivity contribution in [1.29, 1.82) is 0 Å². The van der Waals surface area contributed by atoms with Crippen LogP contribution >= 0.6 is 22.7 Å². The van der Waals surface area contributed by atoms with E-state index in [2.05, 4.69) is 23.9 Å². The molecule has 0 aromatic carbocycles. The van der Waals surface area contributed by atoms with E-state index in [1.165, 1.54) is 16.2 Å². The molecule has 21 heavy (non-hydrogen) atoms. The molecular weight excluding hydrogens is 324 g/mol. The third-order valence-corrected chi connectivity index (χ3v) is 6.33. The van der Waals surface area contributed by atoms with E-state index in [1.54, 1.807) is 22.8 Å². The summed E-state index contributed by atoms with van der Waals surface area (Å²) in [4.78, 5) is 2.58. The summed E-state index contributed by atoms with van der Waals surface area (Å²) in [7, 11) is -3.39. The van der Waals surface area contributed by atoms with Gasteiger partial charge in [-0.15, -0.1) is 22.7 Å². The Labute approximate surface area is 134 Å². The highest BCUT2D eigenvalue weighted by Crippen LogP contribution is 2.19. The summed E-state index contributed by atoms with van der Waals surface area (Å²) >= 11 is 3.11. The Bertz CT molecular complexity index is 646. The van der Waals surface area contributed by atoms with E-state index in [1.807, 2.05) is 17.5 Å². The third kappa shape index (κ3) is 5.19. The monoisotopic (exact) mass is 344 g/mol. The number of nitrogens with one attached hydrogen (secondary N) is 2. The first-order valence-electron chi connectivity index (χ1n) is 6.80. The van der Waals surface area contributed by atoms with Gasteiger partial charge in [-0.1, -0.05) is 19.9 Å². The van der Waals surface area contributed by atoms with Crippen LogP contribution in [0.4, 0.5) is 0 Å². The van der Waals surface area contributed by atoms with E-state index in [-0.39, 0.29) is 0 Å². The van der Waals surface area contributed by atoms with Crippen LogP contribution in [0.1, 0.15) is 23.6 Å². The summed E-state index contributed by atoms with van der Waals surface area (Å²) in [5.74, 6) is 0. The standard InChI is InChI=1S/C14H20N2O2S3/c1-11(2)15-9-13-8-14(10-20-13)21(17,18)16-6-5-12-4-3-7-19-12/h3-4,7-8,10-11,15-16H,5-6,9H2,1-2H3. The topological polar surface area (TPSA) is 58.2 Å². The van der Waals surface area contributed by atoms with Crippen LogP contribution < -0.4 is 10.0 Å². The van der Waals surface area contributed by atoms with Crippen molar-refractivity contribution < 1.29 is 8.42 Å². The van der Waals surface area contributed by atoms with E-state index in [0.29, 0.717) is 24.0 Å². The lowest BCUT2D eigenvalue weighted by Gasteiger charge is -2.05. The third-order valence-electron chi connectivity index (χ3n) is 2.87. The van der Waals surface area contributed by atoms with Gasteiger partial charge in [0.2, 0.25) is 10.0 Å². The number of thiophene rings is 2. The number of sulfonamides is 1. The molecule has 0 aliphatic rings. The van der Waals surface area contributed by atoms with Crippen molar-refractivity contribution in [2.45, 2.75) is 37.8 Å². The maximum Gasteiger partial charge on any atom is 0.241 e. The van der Waals surface area contributed by atoms with Gasteiger partial charge in [-0.25, -0.2) is 13.1 Å². The number of hydrogen-bond donors (Lipinski definition) is 2. The van der Waals surface area contributed by atoms with Crippen molar-refractivity contribution in [2.24, 2.45) is 0 Å². The second-order valence-corrected chi connectivity index (χ2v) is 8.81. The Morgan fingerprint density at radius 1 is 1.24 bits per heavy atom. The maximum atomic E-state index is 12.2. The first kappa shape index (κ1) is 16.6. The molecule has 0 aliphatic carbocycles. The summed E-state index contributed by atoms with van der Waals surface area (Å²) < 4.78 is 27.0. The average molecular weight is 345 g/mol. The Kier molecular flexibility index (Phi) is 5.95. The van der Waals surface area contributed by atoms with Gasteiger partial charge in [-0.2, -0.15) is 0 Å². The van der Waals surface area contributed by atoms with Crippen LogP contribution in [-0.2, 0) is 23.0 Å². The summed E-state index contributed by atoms with van der Waals surface area (Å²) in [6, 6.07) is 6.12. The van der Waals surface area contributed by atoms with Gasteiger partial charge in [0.25, 0.3) is 0 Å². The quantitative estimate of drug-likeness (QED) is 0.774. The fourth-order valence-electron chi connectivity index (χ4n) is 1.75. The normalized spacial score (nSPS) is 12.1. The van der Waals surface area contributed by atoms with Crippen molar-refractivity contribution in [3.63, 3.8) is 0 Å². The Morgan fingerprint density at radius 2 is 2.05 bits per heavy atom. The molecule has 0 aliphatic heterocycles. The second kappa shape index (κ2) is 7.51. The smallest absolute Gasteiger partial charge is 0.241 e. The summed E-state index contributed by atoms with van der Waals surface area (Å²) in [5.41, 5.74) is 0. The Morgan fingerprint density at radius 3 is 2.71 bits per heavy atom. The average Bonchev–Trinajstić information content (AvgIpc) is 3.07. The van der Waals surface area contributed by atoms with E-state index < -0.39 is 10.0 Å². The molecule has 0 bridgehead atoms. The lowest BCUT2D eigenvalue weighted by molar-refractivity contribution is 0.581. The van der Waals surface area contributed by atoms with Gasteiger partial charge in [0.15, 0.2) is 0 Å². The van der Waals surface area contributed by atoms with Gasteiger partial charge in [0.05, 0.1) is 4.90 Å². The van der Waals surface area contributed by atoms with Crippen molar-refractivity contribution >= 4 is 32.7 Å². The fraction of sp³-hybridized carbons (Fsp3) is 0.429. The minimum atomic E-state index is -3.39. The second-order valence-electron chi connectivity index (χ2n) is 5.01. The Hall–Kier alpha value is -0.730. The lowest BCUT2D eigenvalue weighted by Crippen LogP contribution is -2.25. The molecule has 2 rings (SSSR count). The van der Waals surface area contributed by atoms with E-state index in [0.717, 1.165) is 11.3 Å². The molecule has 0 spiro atoms. The van der Waals surface area contributed by atoms with Crippen LogP contribution in [0.5, 0.6) is 0 Å². The highest BCUT2D eigenvalue weighted by molar-refractivity contribution is 7.89. The van der Waals surface area contributed by atoms with Gasteiger partial charge >= 0.3 is 0 Å². The molecular formula is C14H20N2O2S3. The van der Waals surface area contributed by atoms with Crippen molar-refractivity contribution in [1.82, 2.24) is 10.0 Å². The summed E-state index contributed by atoms with van der Waals surface area (Å²) in [5, 5.41) is 6.98. The van der Waals surface area contributed by atoms with E-state index >= 15 is 0 Å². The molecule has 116 valence electrons. The zero-order valence-corrected chi connectivity index (χ0v) is 14.6. The first-order valence-corrected chi connectivity index (χ1v) is 10.0. The highest BCUT2D eigenvalue weighted by atomic mass is 32.2. The van der Waals surface area contributed by atoms with E-state index in [9.17, 15) is 8.42 Å². The molecule has 2 heterocycles. The molecule has 2 aromatic rings. The van der Waals surface area contributed by atoms with Crippen molar-refractivity contribution in [3.8, 4) is 0 Å². The van der Waals surface area contributed by atoms with Gasteiger partial charge in [-0.05, 0) is 23.9 Å². The van der Waals surface area contributed by atoms with Crippen LogP contribution in [0.25, 0.3) is 0 Å². The Balaban J connectivity index is 1.89. The zero-order valence-electron chi connectivity index (χ0n) is 12.1. The van der Waals surface area contributed by atoms with Gasteiger partial charge in [0.1, 0.15) is 0 Å². The molecule has 0 unspecified atom stereocenters. The zero-order chi connectivity index (χ0) is 15.3. The first-order chi connectivity index (χ1) is 9.97. The molecule has 0 atom stereocenters. The van der Waals surface area contributed by atoms with Crippen molar-refractivity contribution in [2.75, 3.05) is 6.54 Å². The molecule has 0 saturated carbocycles. The van der Waals surface area contributed by atoms with Crippen LogP contribution in [0.3, 0.4) is 0 Å². The molecule has 0 fully saturated rings. The van der Waals surface area contributed by atoms with Crippen LogP contribution in [-0.4, -0.2) is 21.0 Å². The summed E-state index contributed by atoms with van der Waals surface area (Å²) in [6.07, 6.45) is 0.725. The van der Waals surface area contributed by atoms with Crippen molar-refractivity contribution in [3.05, 3.63) is 38.7 Å². The van der Waals surface area contributed by atoms with Gasteiger partial charge in [-0.3, -0.25) is 0 Å².